The van der Waals surface area contributed by atoms with Crippen molar-refractivity contribution in [2.45, 2.75) is 6.54 Å². The predicted octanol–water partition coefficient (Wildman–Crippen LogP) is 3.68. The number of nitrogens with one attached hydrogen (secondary N) is 1. The number of carbonyl (C=O) groups is 2. The summed E-state index contributed by atoms with van der Waals surface area (Å²) in [6.45, 7) is -0.107. The highest BCUT2D eigenvalue weighted by atomic mass is 79.9. The number of rotatable bonds is 3. The van der Waals surface area contributed by atoms with Crippen LogP contribution in [0.15, 0.2) is 58.7 Å². The summed E-state index contributed by atoms with van der Waals surface area (Å²) in [7, 11) is 0. The average molecular weight is 375 g/mol. The Balaban J connectivity index is 1.86. The molecule has 1 N–H and O–H groups in total. The van der Waals surface area contributed by atoms with Crippen LogP contribution < -0.4 is 5.32 Å². The minimum atomic E-state index is -0.559. The van der Waals surface area contributed by atoms with Crippen molar-refractivity contribution >= 4 is 33.9 Å². The second-order valence-corrected chi connectivity index (χ2v) is 5.85. The predicted molar refractivity (Wildman–Crippen MR) is 87.6 cm³/mol. The van der Waals surface area contributed by atoms with Crippen molar-refractivity contribution in [3.05, 3.63) is 75.6 Å². The molecule has 0 radical (unpaired) electrons. The van der Waals surface area contributed by atoms with Crippen LogP contribution in [0.2, 0.25) is 0 Å². The molecule has 6 heteroatoms. The molecule has 116 valence electrons. The Morgan fingerprint density at radius 3 is 2.52 bits per heavy atom. The van der Waals surface area contributed by atoms with Crippen LogP contribution in [0.25, 0.3) is 6.08 Å². The highest BCUT2D eigenvalue weighted by Crippen LogP contribution is 2.22. The molecule has 0 aliphatic carbocycles. The molecule has 1 heterocycles. The maximum Gasteiger partial charge on any atom is 0.329 e. The van der Waals surface area contributed by atoms with Crippen LogP contribution in [-0.2, 0) is 11.3 Å². The van der Waals surface area contributed by atoms with Gasteiger partial charge in [0.1, 0.15) is 11.5 Å². The summed E-state index contributed by atoms with van der Waals surface area (Å²) in [4.78, 5) is 25.4. The Morgan fingerprint density at radius 2 is 1.78 bits per heavy atom. The molecule has 2 aromatic rings. The third kappa shape index (κ3) is 3.17. The number of halogens is 2. The Hall–Kier alpha value is -2.47. The number of carbonyl (C=O) groups excluding carboxylic acids is 2. The molecule has 3 rings (SSSR count). The van der Waals surface area contributed by atoms with Gasteiger partial charge in [-0.05, 0) is 23.8 Å². The van der Waals surface area contributed by atoms with E-state index in [2.05, 4.69) is 21.2 Å². The monoisotopic (exact) mass is 374 g/mol. The standard InChI is InChI=1S/C17H12BrFN2O2/c18-13-7-3-1-5-11(13)9-15-16(22)21(17(23)20-15)10-12-6-2-4-8-14(12)19/h1-9H,10H2,(H,20,23)/b15-9+. The molecule has 1 aliphatic heterocycles. The largest absolute Gasteiger partial charge is 0.329 e. The van der Waals surface area contributed by atoms with Gasteiger partial charge in [0.05, 0.1) is 6.54 Å². The van der Waals surface area contributed by atoms with Gasteiger partial charge in [-0.25, -0.2) is 9.18 Å². The van der Waals surface area contributed by atoms with Crippen LogP contribution in [0.3, 0.4) is 0 Å². The van der Waals surface area contributed by atoms with E-state index in [1.807, 2.05) is 24.3 Å². The Bertz CT molecular complexity index is 820. The molecule has 1 aliphatic rings. The van der Waals surface area contributed by atoms with Gasteiger partial charge in [-0.15, -0.1) is 0 Å². The molecule has 1 fully saturated rings. The lowest BCUT2D eigenvalue weighted by Gasteiger charge is -2.12. The SMILES string of the molecule is O=C1N/C(=C/c2ccccc2Br)C(=O)N1Cc1ccccc1F. The molecular weight excluding hydrogens is 363 g/mol. The zero-order valence-corrected chi connectivity index (χ0v) is 13.5. The van der Waals surface area contributed by atoms with Gasteiger partial charge in [-0.2, -0.15) is 0 Å². The molecule has 0 spiro atoms. The summed E-state index contributed by atoms with van der Waals surface area (Å²) in [5.74, 6) is -0.926. The van der Waals surface area contributed by atoms with Gasteiger partial charge in [-0.3, -0.25) is 9.69 Å². The molecule has 23 heavy (non-hydrogen) atoms. The summed E-state index contributed by atoms with van der Waals surface area (Å²) in [5.41, 5.74) is 1.22. The average Bonchev–Trinajstić information content (AvgIpc) is 2.79. The number of hydrogen-bond donors (Lipinski definition) is 1. The highest BCUT2D eigenvalue weighted by molar-refractivity contribution is 9.10. The number of benzene rings is 2. The summed E-state index contributed by atoms with van der Waals surface area (Å²) < 4.78 is 14.5. The first-order valence-corrected chi connectivity index (χ1v) is 7.68. The van der Waals surface area contributed by atoms with Crippen molar-refractivity contribution < 1.29 is 14.0 Å². The maximum atomic E-state index is 13.7. The van der Waals surface area contributed by atoms with E-state index in [0.29, 0.717) is 0 Å². The molecule has 2 aromatic carbocycles. The zero-order chi connectivity index (χ0) is 16.4. The van der Waals surface area contributed by atoms with E-state index in [9.17, 15) is 14.0 Å². The highest BCUT2D eigenvalue weighted by Gasteiger charge is 2.34. The van der Waals surface area contributed by atoms with E-state index >= 15 is 0 Å². The van der Waals surface area contributed by atoms with E-state index < -0.39 is 17.8 Å². The minimum absolute atomic E-state index is 0.107. The molecule has 0 atom stereocenters. The van der Waals surface area contributed by atoms with E-state index in [4.69, 9.17) is 0 Å². The van der Waals surface area contributed by atoms with Crippen LogP contribution in [0.4, 0.5) is 9.18 Å². The van der Waals surface area contributed by atoms with E-state index in [-0.39, 0.29) is 17.8 Å². The van der Waals surface area contributed by atoms with Gasteiger partial charge < -0.3 is 5.32 Å². The topological polar surface area (TPSA) is 49.4 Å². The summed E-state index contributed by atoms with van der Waals surface area (Å²) >= 11 is 3.39. The number of hydrogen-bond acceptors (Lipinski definition) is 2. The second kappa shape index (κ2) is 6.34. The third-order valence-corrected chi connectivity index (χ3v) is 4.18. The van der Waals surface area contributed by atoms with Crippen LogP contribution in [0.1, 0.15) is 11.1 Å². The second-order valence-electron chi connectivity index (χ2n) is 4.99. The zero-order valence-electron chi connectivity index (χ0n) is 11.9. The molecule has 0 unspecified atom stereocenters. The van der Waals surface area contributed by atoms with Crippen molar-refractivity contribution in [3.8, 4) is 0 Å². The van der Waals surface area contributed by atoms with Gasteiger partial charge in [0.2, 0.25) is 0 Å². The minimum Gasteiger partial charge on any atom is -0.303 e. The van der Waals surface area contributed by atoms with Crippen molar-refractivity contribution in [3.63, 3.8) is 0 Å². The van der Waals surface area contributed by atoms with Gasteiger partial charge >= 0.3 is 6.03 Å². The lowest BCUT2D eigenvalue weighted by Crippen LogP contribution is -2.30. The normalized spacial score (nSPS) is 16.1. The molecule has 1 saturated heterocycles. The van der Waals surface area contributed by atoms with E-state index in [0.717, 1.165) is 14.9 Å². The first kappa shape index (κ1) is 15.4. The number of nitrogens with zero attached hydrogens (tertiary/aromatic N) is 1. The Labute approximate surface area is 140 Å². The van der Waals surface area contributed by atoms with Crippen molar-refractivity contribution in [1.29, 1.82) is 0 Å². The third-order valence-electron chi connectivity index (χ3n) is 3.45. The van der Waals surface area contributed by atoms with Crippen molar-refractivity contribution in [2.24, 2.45) is 0 Å². The van der Waals surface area contributed by atoms with Crippen LogP contribution in [-0.4, -0.2) is 16.8 Å². The van der Waals surface area contributed by atoms with Crippen molar-refractivity contribution in [1.82, 2.24) is 10.2 Å². The fraction of sp³-hybridized carbons (Fsp3) is 0.0588. The fourth-order valence-electron chi connectivity index (χ4n) is 2.26. The van der Waals surface area contributed by atoms with Gasteiger partial charge in [-0.1, -0.05) is 52.3 Å². The number of urea groups is 1. The smallest absolute Gasteiger partial charge is 0.303 e. The Morgan fingerprint density at radius 1 is 1.09 bits per heavy atom. The van der Waals surface area contributed by atoms with Gasteiger partial charge in [0, 0.05) is 10.0 Å². The molecular formula is C17H12BrFN2O2. The van der Waals surface area contributed by atoms with Gasteiger partial charge in [0.25, 0.3) is 5.91 Å². The quantitative estimate of drug-likeness (QED) is 0.657. The molecule has 4 nitrogen and oxygen atoms in total. The molecule has 0 saturated carbocycles. The van der Waals surface area contributed by atoms with Crippen LogP contribution in [0, 0.1) is 5.82 Å². The fourth-order valence-corrected chi connectivity index (χ4v) is 2.66. The summed E-state index contributed by atoms with van der Waals surface area (Å²) in [6, 6.07) is 12.8. The first-order valence-electron chi connectivity index (χ1n) is 6.89. The maximum absolute atomic E-state index is 13.7. The van der Waals surface area contributed by atoms with E-state index in [1.54, 1.807) is 24.3 Å². The summed E-state index contributed by atoms with van der Waals surface area (Å²) in [5, 5.41) is 2.52. The van der Waals surface area contributed by atoms with Gasteiger partial charge in [0.15, 0.2) is 0 Å². The summed E-state index contributed by atoms with van der Waals surface area (Å²) in [6.07, 6.45) is 1.59. The number of imide groups is 1. The van der Waals surface area contributed by atoms with E-state index in [1.165, 1.54) is 6.07 Å². The van der Waals surface area contributed by atoms with Crippen molar-refractivity contribution in [2.75, 3.05) is 0 Å². The number of amides is 3. The Kier molecular flexibility index (Phi) is 4.25. The van der Waals surface area contributed by atoms with Crippen LogP contribution >= 0.6 is 15.9 Å². The molecule has 3 amide bonds. The van der Waals surface area contributed by atoms with Crippen LogP contribution in [0.5, 0.6) is 0 Å². The molecule has 0 aromatic heterocycles. The molecule has 0 bridgehead atoms. The lowest BCUT2D eigenvalue weighted by molar-refractivity contribution is -0.123. The lowest BCUT2D eigenvalue weighted by atomic mass is 10.2. The first-order chi connectivity index (χ1) is 11.1.